The fourth-order valence-electron chi connectivity index (χ4n) is 2.13. The number of aryl methyl sites for hydroxylation is 1. The zero-order valence-electron chi connectivity index (χ0n) is 9.61. The number of rotatable bonds is 3. The van der Waals surface area contributed by atoms with E-state index in [0.717, 1.165) is 19.3 Å². The van der Waals surface area contributed by atoms with Gasteiger partial charge in [-0.1, -0.05) is 0 Å². The molecule has 2 rings (SSSR count). The minimum Gasteiger partial charge on any atom is -0.348 e. The molecule has 3 N–H and O–H groups in total. The van der Waals surface area contributed by atoms with Crippen LogP contribution in [0.4, 0.5) is 0 Å². The molecule has 0 spiro atoms. The summed E-state index contributed by atoms with van der Waals surface area (Å²) in [6, 6.07) is 1.61. The summed E-state index contributed by atoms with van der Waals surface area (Å²) in [6.45, 7) is 0. The molecule has 0 aliphatic heterocycles. The maximum absolute atomic E-state index is 11.8. The molecule has 0 aromatic carbocycles. The lowest BCUT2D eigenvalue weighted by Crippen LogP contribution is -2.42. The fourth-order valence-corrected chi connectivity index (χ4v) is 3.12. The number of hydrogen-bond acceptors (Lipinski definition) is 3. The van der Waals surface area contributed by atoms with E-state index < -0.39 is 6.04 Å². The third kappa shape index (κ3) is 2.68. The van der Waals surface area contributed by atoms with Crippen molar-refractivity contribution >= 4 is 17.2 Å². The van der Waals surface area contributed by atoms with Crippen LogP contribution in [0, 0.1) is 12.3 Å². The quantitative estimate of drug-likeness (QED) is 0.798. The Morgan fingerprint density at radius 1 is 1.76 bits per heavy atom. The average molecular weight is 248 g/mol. The summed E-state index contributed by atoms with van der Waals surface area (Å²) in [5.74, 6) is 2.27. The van der Waals surface area contributed by atoms with Crippen molar-refractivity contribution in [3.05, 3.63) is 21.9 Å². The van der Waals surface area contributed by atoms with Gasteiger partial charge in [0.15, 0.2) is 0 Å². The van der Waals surface area contributed by atoms with Gasteiger partial charge in [0.25, 0.3) is 0 Å². The lowest BCUT2D eigenvalue weighted by atomic mass is 9.94. The number of hydrogen-bond donors (Lipinski definition) is 2. The molecule has 1 amide bonds. The average Bonchev–Trinajstić information content (AvgIpc) is 2.78. The van der Waals surface area contributed by atoms with Crippen molar-refractivity contribution in [1.29, 1.82) is 0 Å². The first-order chi connectivity index (χ1) is 8.22. The molecule has 2 atom stereocenters. The molecule has 90 valence electrons. The molecule has 0 saturated carbocycles. The fraction of sp³-hybridized carbons (Fsp3) is 0.462. The van der Waals surface area contributed by atoms with Crippen LogP contribution in [0.5, 0.6) is 0 Å². The Hall–Kier alpha value is -1.31. The van der Waals surface area contributed by atoms with Crippen molar-refractivity contribution in [3.63, 3.8) is 0 Å². The highest BCUT2D eigenvalue weighted by Crippen LogP contribution is 2.33. The number of carbonyl (C=O) groups excluding carboxylic acids is 1. The first-order valence-corrected chi connectivity index (χ1v) is 6.66. The lowest BCUT2D eigenvalue weighted by Gasteiger charge is -2.24. The number of terminal acetylenes is 1. The van der Waals surface area contributed by atoms with Crippen LogP contribution in [0.3, 0.4) is 0 Å². The van der Waals surface area contributed by atoms with Gasteiger partial charge in [-0.2, -0.15) is 0 Å². The molecule has 1 heterocycles. The summed E-state index contributed by atoms with van der Waals surface area (Å²) in [7, 11) is 0. The van der Waals surface area contributed by atoms with Gasteiger partial charge in [-0.15, -0.1) is 23.7 Å². The van der Waals surface area contributed by atoms with Crippen LogP contribution < -0.4 is 11.1 Å². The number of nitrogens with one attached hydrogen (secondary N) is 1. The van der Waals surface area contributed by atoms with E-state index in [1.54, 1.807) is 11.3 Å². The molecular formula is C13H16N2OS. The highest BCUT2D eigenvalue weighted by Gasteiger charge is 2.24. The summed E-state index contributed by atoms with van der Waals surface area (Å²) in [6.07, 6.45) is 8.66. The van der Waals surface area contributed by atoms with Crippen LogP contribution in [0.25, 0.3) is 0 Å². The van der Waals surface area contributed by atoms with E-state index in [9.17, 15) is 4.79 Å². The Balaban J connectivity index is 2.02. The van der Waals surface area contributed by atoms with E-state index in [4.69, 9.17) is 12.2 Å². The number of thiophene rings is 1. The molecule has 4 heteroatoms. The van der Waals surface area contributed by atoms with Crippen LogP contribution in [0.15, 0.2) is 11.4 Å². The zero-order chi connectivity index (χ0) is 12.3. The summed E-state index contributed by atoms with van der Waals surface area (Å²) in [5.41, 5.74) is 6.94. The van der Waals surface area contributed by atoms with Crippen LogP contribution in [0.2, 0.25) is 0 Å². The van der Waals surface area contributed by atoms with Crippen LogP contribution in [-0.4, -0.2) is 11.9 Å². The van der Waals surface area contributed by atoms with E-state index >= 15 is 0 Å². The Morgan fingerprint density at radius 2 is 2.59 bits per heavy atom. The number of nitrogens with two attached hydrogens (primary N) is 1. The minimum absolute atomic E-state index is 0.112. The molecule has 1 aromatic heterocycles. The molecule has 1 aliphatic rings. The number of fused-ring (bicyclic) bond motifs is 1. The second kappa shape index (κ2) is 5.35. The molecule has 0 fully saturated rings. The second-order valence-corrected chi connectivity index (χ2v) is 5.27. The smallest absolute Gasteiger partial charge is 0.238 e. The van der Waals surface area contributed by atoms with Gasteiger partial charge in [0, 0.05) is 11.3 Å². The first kappa shape index (κ1) is 12.2. The molecule has 1 aliphatic carbocycles. The largest absolute Gasteiger partial charge is 0.348 e. The molecular weight excluding hydrogens is 232 g/mol. The molecule has 1 aromatic rings. The van der Waals surface area contributed by atoms with Crippen LogP contribution >= 0.6 is 11.3 Å². The summed E-state index contributed by atoms with van der Waals surface area (Å²) < 4.78 is 0. The van der Waals surface area contributed by atoms with E-state index in [-0.39, 0.29) is 18.4 Å². The van der Waals surface area contributed by atoms with Gasteiger partial charge in [0.2, 0.25) is 5.91 Å². The Kier molecular flexibility index (Phi) is 3.82. The van der Waals surface area contributed by atoms with Gasteiger partial charge >= 0.3 is 0 Å². The van der Waals surface area contributed by atoms with Gasteiger partial charge in [-0.25, -0.2) is 0 Å². The topological polar surface area (TPSA) is 55.1 Å². The second-order valence-electron chi connectivity index (χ2n) is 4.27. The number of amides is 1. The van der Waals surface area contributed by atoms with Gasteiger partial charge in [0.1, 0.15) is 0 Å². The first-order valence-electron chi connectivity index (χ1n) is 5.78. The Morgan fingerprint density at radius 3 is 3.35 bits per heavy atom. The predicted molar refractivity (Wildman–Crippen MR) is 69.6 cm³/mol. The Labute approximate surface area is 105 Å². The third-order valence-corrected chi connectivity index (χ3v) is 4.04. The van der Waals surface area contributed by atoms with Crippen molar-refractivity contribution in [2.45, 2.75) is 37.8 Å². The summed E-state index contributed by atoms with van der Waals surface area (Å²) >= 11 is 1.76. The maximum Gasteiger partial charge on any atom is 0.238 e. The monoisotopic (exact) mass is 248 g/mol. The lowest BCUT2D eigenvalue weighted by molar-refractivity contribution is -0.123. The molecule has 17 heavy (non-hydrogen) atoms. The summed E-state index contributed by atoms with van der Waals surface area (Å²) in [5, 5.41) is 5.07. The van der Waals surface area contributed by atoms with Crippen molar-refractivity contribution in [1.82, 2.24) is 5.32 Å². The zero-order valence-corrected chi connectivity index (χ0v) is 10.4. The standard InChI is InChI=1S/C13H16N2OS/c1-2-4-10(14)13(16)15-11-5-3-6-12-9(11)7-8-17-12/h1,7-8,10-11H,3-6,14H2,(H,15,16). The minimum atomic E-state index is -0.594. The SMILES string of the molecule is C#CCC(N)C(=O)NC1CCCc2sccc21. The van der Waals surface area contributed by atoms with Crippen LogP contribution in [0.1, 0.15) is 35.7 Å². The number of carbonyl (C=O) groups is 1. The van der Waals surface area contributed by atoms with Gasteiger partial charge in [-0.05, 0) is 36.3 Å². The van der Waals surface area contributed by atoms with Crippen molar-refractivity contribution in [3.8, 4) is 12.3 Å². The molecule has 0 bridgehead atoms. The van der Waals surface area contributed by atoms with Gasteiger partial charge in [0.05, 0.1) is 12.1 Å². The van der Waals surface area contributed by atoms with Gasteiger partial charge in [-0.3, -0.25) is 4.79 Å². The van der Waals surface area contributed by atoms with Crippen LogP contribution in [-0.2, 0) is 11.2 Å². The Bertz CT molecular complexity index is 447. The third-order valence-electron chi connectivity index (χ3n) is 3.04. The van der Waals surface area contributed by atoms with E-state index in [2.05, 4.69) is 22.7 Å². The molecule has 3 nitrogen and oxygen atoms in total. The highest BCUT2D eigenvalue weighted by atomic mass is 32.1. The molecule has 0 radical (unpaired) electrons. The summed E-state index contributed by atoms with van der Waals surface area (Å²) in [4.78, 5) is 13.2. The van der Waals surface area contributed by atoms with E-state index in [0.29, 0.717) is 0 Å². The van der Waals surface area contributed by atoms with Gasteiger partial charge < -0.3 is 11.1 Å². The van der Waals surface area contributed by atoms with Crippen molar-refractivity contribution in [2.24, 2.45) is 5.73 Å². The highest BCUT2D eigenvalue weighted by molar-refractivity contribution is 7.10. The van der Waals surface area contributed by atoms with E-state index in [1.165, 1.54) is 10.4 Å². The normalized spacial score (nSPS) is 20.1. The van der Waals surface area contributed by atoms with E-state index in [1.807, 2.05) is 0 Å². The predicted octanol–water partition coefficient (Wildman–Crippen LogP) is 1.59. The molecule has 0 saturated heterocycles. The van der Waals surface area contributed by atoms with Crippen molar-refractivity contribution in [2.75, 3.05) is 0 Å². The maximum atomic E-state index is 11.8. The van der Waals surface area contributed by atoms with Crippen molar-refractivity contribution < 1.29 is 4.79 Å². The molecule has 2 unspecified atom stereocenters.